The van der Waals surface area contributed by atoms with Crippen LogP contribution < -0.4 is 5.32 Å². The lowest BCUT2D eigenvalue weighted by molar-refractivity contribution is -0.117. The molecule has 29 heavy (non-hydrogen) atoms. The monoisotopic (exact) mass is 410 g/mol. The standard InChI is InChI=1S/C23H26N2O3S/c1-14-10-15(2)21(16(3)11-14)24-20(26)13-25(4)12-18-17-8-6-7-9-19(17)29-22(18)23(27)28-5/h6-11H,12-13H2,1-5H3,(H,24,26). The Labute approximate surface area is 175 Å². The summed E-state index contributed by atoms with van der Waals surface area (Å²) in [4.78, 5) is 27.4. The Morgan fingerprint density at radius 3 is 2.41 bits per heavy atom. The number of ether oxygens (including phenoxy) is 1. The Hall–Kier alpha value is -2.70. The first kappa shape index (κ1) is 21.0. The van der Waals surface area contributed by atoms with Crippen LogP contribution in [0.5, 0.6) is 0 Å². The largest absolute Gasteiger partial charge is 0.465 e. The van der Waals surface area contributed by atoms with E-state index in [9.17, 15) is 9.59 Å². The molecule has 0 fully saturated rings. The van der Waals surface area contributed by atoms with Gasteiger partial charge in [0.1, 0.15) is 4.88 Å². The van der Waals surface area contributed by atoms with Gasteiger partial charge in [-0.15, -0.1) is 11.3 Å². The minimum atomic E-state index is -0.343. The molecule has 0 saturated carbocycles. The number of fused-ring (bicyclic) bond motifs is 1. The fourth-order valence-corrected chi connectivity index (χ4v) is 4.77. The third-order valence-corrected chi connectivity index (χ3v) is 6.05. The lowest BCUT2D eigenvalue weighted by atomic mass is 10.1. The molecule has 0 radical (unpaired) electrons. The second-order valence-electron chi connectivity index (χ2n) is 7.39. The van der Waals surface area contributed by atoms with Gasteiger partial charge in [0.15, 0.2) is 0 Å². The molecule has 0 atom stereocenters. The lowest BCUT2D eigenvalue weighted by Gasteiger charge is -2.18. The van der Waals surface area contributed by atoms with Crippen LogP contribution in [0.1, 0.15) is 31.9 Å². The summed E-state index contributed by atoms with van der Waals surface area (Å²) in [6, 6.07) is 12.0. The van der Waals surface area contributed by atoms with Crippen LogP contribution in [0.25, 0.3) is 10.1 Å². The van der Waals surface area contributed by atoms with Crippen LogP contribution >= 0.6 is 11.3 Å². The van der Waals surface area contributed by atoms with E-state index in [-0.39, 0.29) is 18.4 Å². The van der Waals surface area contributed by atoms with Crippen LogP contribution in [-0.4, -0.2) is 37.5 Å². The Morgan fingerprint density at radius 1 is 1.10 bits per heavy atom. The zero-order chi connectivity index (χ0) is 21.1. The number of aryl methyl sites for hydroxylation is 3. The van der Waals surface area contributed by atoms with E-state index >= 15 is 0 Å². The summed E-state index contributed by atoms with van der Waals surface area (Å²) in [6.45, 7) is 6.74. The summed E-state index contributed by atoms with van der Waals surface area (Å²) in [6.07, 6.45) is 0. The number of rotatable bonds is 6. The quantitative estimate of drug-likeness (QED) is 0.599. The van der Waals surface area contributed by atoms with Gasteiger partial charge < -0.3 is 10.1 Å². The normalized spacial score (nSPS) is 11.1. The molecular weight excluding hydrogens is 384 g/mol. The topological polar surface area (TPSA) is 58.6 Å². The molecule has 1 aromatic heterocycles. The van der Waals surface area contributed by atoms with Crippen molar-refractivity contribution in [2.75, 3.05) is 26.0 Å². The molecule has 0 unspecified atom stereocenters. The number of esters is 1. The van der Waals surface area contributed by atoms with Crippen molar-refractivity contribution >= 4 is 39.0 Å². The molecule has 0 aliphatic rings. The van der Waals surface area contributed by atoms with E-state index in [0.29, 0.717) is 11.4 Å². The van der Waals surface area contributed by atoms with Gasteiger partial charge in [0.25, 0.3) is 0 Å². The van der Waals surface area contributed by atoms with E-state index in [1.54, 1.807) is 0 Å². The van der Waals surface area contributed by atoms with Gasteiger partial charge in [0.2, 0.25) is 5.91 Å². The Balaban J connectivity index is 1.77. The van der Waals surface area contributed by atoms with E-state index in [0.717, 1.165) is 32.5 Å². The summed E-state index contributed by atoms with van der Waals surface area (Å²) in [5.41, 5.74) is 5.04. The highest BCUT2D eigenvalue weighted by molar-refractivity contribution is 7.21. The number of nitrogens with zero attached hydrogens (tertiary/aromatic N) is 1. The third kappa shape index (κ3) is 4.66. The first-order valence-corrected chi connectivity index (χ1v) is 10.3. The minimum Gasteiger partial charge on any atom is -0.465 e. The molecular formula is C23H26N2O3S. The molecule has 0 bridgehead atoms. The molecule has 0 aliphatic heterocycles. The smallest absolute Gasteiger partial charge is 0.348 e. The average Bonchev–Trinajstić information content (AvgIpc) is 3.02. The fraction of sp³-hybridized carbons (Fsp3) is 0.304. The Kier molecular flexibility index (Phi) is 6.35. The van der Waals surface area contributed by atoms with E-state index < -0.39 is 0 Å². The van der Waals surface area contributed by atoms with E-state index in [1.165, 1.54) is 24.0 Å². The highest BCUT2D eigenvalue weighted by Gasteiger charge is 2.21. The van der Waals surface area contributed by atoms with Crippen molar-refractivity contribution in [3.8, 4) is 0 Å². The molecule has 0 saturated heterocycles. The van der Waals surface area contributed by atoms with Gasteiger partial charge in [-0.3, -0.25) is 9.69 Å². The van der Waals surface area contributed by atoms with Crippen molar-refractivity contribution in [1.82, 2.24) is 4.90 Å². The van der Waals surface area contributed by atoms with E-state index in [1.807, 2.05) is 57.0 Å². The second-order valence-corrected chi connectivity index (χ2v) is 8.44. The number of hydrogen-bond donors (Lipinski definition) is 1. The molecule has 2 aromatic carbocycles. The van der Waals surface area contributed by atoms with Crippen LogP contribution in [-0.2, 0) is 16.1 Å². The van der Waals surface area contributed by atoms with Crippen LogP contribution in [0.15, 0.2) is 36.4 Å². The molecule has 6 heteroatoms. The number of hydrogen-bond acceptors (Lipinski definition) is 5. The number of methoxy groups -OCH3 is 1. The summed E-state index contributed by atoms with van der Waals surface area (Å²) >= 11 is 1.42. The number of amides is 1. The molecule has 1 N–H and O–H groups in total. The van der Waals surface area contributed by atoms with Gasteiger partial charge in [-0.1, -0.05) is 35.9 Å². The molecule has 152 valence electrons. The Morgan fingerprint density at radius 2 is 1.76 bits per heavy atom. The third-order valence-electron chi connectivity index (χ3n) is 4.85. The maximum Gasteiger partial charge on any atom is 0.348 e. The predicted octanol–water partition coefficient (Wildman–Crippen LogP) is 4.68. The van der Waals surface area contributed by atoms with Gasteiger partial charge in [0, 0.05) is 16.9 Å². The van der Waals surface area contributed by atoms with Crippen molar-refractivity contribution < 1.29 is 14.3 Å². The number of carbonyl (C=O) groups is 2. The molecule has 3 rings (SSSR count). The summed E-state index contributed by atoms with van der Waals surface area (Å²) < 4.78 is 5.99. The summed E-state index contributed by atoms with van der Waals surface area (Å²) in [5, 5.41) is 4.06. The SMILES string of the molecule is COC(=O)c1sc2ccccc2c1CN(C)CC(=O)Nc1c(C)cc(C)cc1C. The highest BCUT2D eigenvalue weighted by Crippen LogP contribution is 2.32. The second kappa shape index (κ2) is 8.76. The van der Waals surface area contributed by atoms with Crippen molar-refractivity contribution in [3.05, 3.63) is 63.5 Å². The lowest BCUT2D eigenvalue weighted by Crippen LogP contribution is -2.30. The molecule has 0 aliphatic carbocycles. The van der Waals surface area contributed by atoms with E-state index in [2.05, 4.69) is 17.4 Å². The van der Waals surface area contributed by atoms with Gasteiger partial charge >= 0.3 is 5.97 Å². The van der Waals surface area contributed by atoms with Crippen LogP contribution in [0.4, 0.5) is 5.69 Å². The van der Waals surface area contributed by atoms with Crippen molar-refractivity contribution in [3.63, 3.8) is 0 Å². The zero-order valence-corrected chi connectivity index (χ0v) is 18.3. The van der Waals surface area contributed by atoms with Crippen molar-refractivity contribution in [2.45, 2.75) is 27.3 Å². The summed E-state index contributed by atoms with van der Waals surface area (Å²) in [7, 11) is 3.27. The fourth-order valence-electron chi connectivity index (χ4n) is 3.64. The Bertz CT molecular complexity index is 1050. The maximum absolute atomic E-state index is 12.6. The average molecular weight is 411 g/mol. The molecule has 3 aromatic rings. The molecule has 1 heterocycles. The number of anilines is 1. The minimum absolute atomic E-state index is 0.0818. The first-order valence-electron chi connectivity index (χ1n) is 9.45. The number of benzene rings is 2. The summed E-state index contributed by atoms with van der Waals surface area (Å²) in [5.74, 6) is -0.424. The van der Waals surface area contributed by atoms with Crippen molar-refractivity contribution in [2.24, 2.45) is 0 Å². The highest BCUT2D eigenvalue weighted by atomic mass is 32.1. The van der Waals surface area contributed by atoms with Gasteiger partial charge in [-0.25, -0.2) is 4.79 Å². The van der Waals surface area contributed by atoms with Crippen LogP contribution in [0.2, 0.25) is 0 Å². The zero-order valence-electron chi connectivity index (χ0n) is 17.5. The molecule has 1 amide bonds. The predicted molar refractivity (Wildman–Crippen MR) is 119 cm³/mol. The maximum atomic E-state index is 12.6. The number of thiophene rings is 1. The van der Waals surface area contributed by atoms with Gasteiger partial charge in [-0.05, 0) is 56.0 Å². The van der Waals surface area contributed by atoms with E-state index in [4.69, 9.17) is 4.74 Å². The van der Waals surface area contributed by atoms with Crippen LogP contribution in [0.3, 0.4) is 0 Å². The molecule has 5 nitrogen and oxygen atoms in total. The number of likely N-dealkylation sites (N-methyl/N-ethyl adjacent to an activating group) is 1. The van der Waals surface area contributed by atoms with Crippen LogP contribution in [0, 0.1) is 20.8 Å². The first-order chi connectivity index (χ1) is 13.8. The number of carbonyl (C=O) groups excluding carboxylic acids is 2. The van der Waals surface area contributed by atoms with Gasteiger partial charge in [0.05, 0.1) is 13.7 Å². The molecule has 0 spiro atoms. The van der Waals surface area contributed by atoms with Gasteiger partial charge in [-0.2, -0.15) is 0 Å². The van der Waals surface area contributed by atoms with Crippen molar-refractivity contribution in [1.29, 1.82) is 0 Å². The number of nitrogens with one attached hydrogen (secondary N) is 1.